The monoisotopic (exact) mass is 412 g/mol. The molecular weight excluding hydrogens is 388 g/mol. The van der Waals surface area contributed by atoms with Crippen molar-refractivity contribution in [1.29, 1.82) is 0 Å². The van der Waals surface area contributed by atoms with Crippen LogP contribution in [0.1, 0.15) is 18.3 Å². The van der Waals surface area contributed by atoms with E-state index in [9.17, 15) is 13.2 Å². The molecule has 0 bridgehead atoms. The van der Waals surface area contributed by atoms with Crippen LogP contribution in [-0.4, -0.2) is 36.2 Å². The molecule has 1 amide bonds. The highest BCUT2D eigenvalue weighted by Crippen LogP contribution is 2.20. The molecule has 0 unspecified atom stereocenters. The van der Waals surface area contributed by atoms with Gasteiger partial charge >= 0.3 is 0 Å². The van der Waals surface area contributed by atoms with Crippen LogP contribution in [-0.2, 0) is 21.4 Å². The fourth-order valence-corrected chi connectivity index (χ4v) is 4.32. The summed E-state index contributed by atoms with van der Waals surface area (Å²) in [5.41, 5.74) is 2.35. The van der Waals surface area contributed by atoms with Crippen molar-refractivity contribution in [2.45, 2.75) is 26.4 Å². The molecule has 1 aromatic heterocycles. The fraction of sp³-hybridized carbons (Fsp3) is 0.238. The molecule has 0 spiro atoms. The molecule has 1 heterocycles. The summed E-state index contributed by atoms with van der Waals surface area (Å²) in [6.07, 6.45) is 4.73. The number of imidazole rings is 1. The molecule has 3 aromatic rings. The van der Waals surface area contributed by atoms with Gasteiger partial charge in [-0.1, -0.05) is 30.3 Å². The first-order chi connectivity index (χ1) is 13.8. The average Bonchev–Trinajstić information content (AvgIpc) is 3.12. The van der Waals surface area contributed by atoms with Crippen molar-refractivity contribution in [3.8, 4) is 5.69 Å². The van der Waals surface area contributed by atoms with E-state index < -0.39 is 16.1 Å². The summed E-state index contributed by atoms with van der Waals surface area (Å²) >= 11 is 0. The first-order valence-corrected chi connectivity index (χ1v) is 11.0. The van der Waals surface area contributed by atoms with Gasteiger partial charge in [-0.25, -0.2) is 13.4 Å². The smallest absolute Gasteiger partial charge is 0.243 e. The average molecular weight is 413 g/mol. The summed E-state index contributed by atoms with van der Waals surface area (Å²) in [6.45, 7) is 3.81. The Labute approximate surface area is 171 Å². The van der Waals surface area contributed by atoms with Crippen LogP contribution < -0.4 is 9.62 Å². The van der Waals surface area contributed by atoms with Gasteiger partial charge in [0.25, 0.3) is 0 Å². The number of benzene rings is 2. The normalized spacial score (nSPS) is 12.4. The van der Waals surface area contributed by atoms with Gasteiger partial charge in [-0.15, -0.1) is 0 Å². The van der Waals surface area contributed by atoms with E-state index >= 15 is 0 Å². The van der Waals surface area contributed by atoms with Gasteiger partial charge in [0.1, 0.15) is 11.9 Å². The maximum absolute atomic E-state index is 12.6. The molecule has 1 N–H and O–H groups in total. The van der Waals surface area contributed by atoms with Crippen molar-refractivity contribution < 1.29 is 13.2 Å². The first-order valence-electron chi connectivity index (χ1n) is 9.19. The maximum Gasteiger partial charge on any atom is 0.243 e. The minimum absolute atomic E-state index is 0.304. The van der Waals surface area contributed by atoms with Gasteiger partial charge in [0.15, 0.2) is 0 Å². The number of hydrogen-bond donors (Lipinski definition) is 1. The van der Waals surface area contributed by atoms with Crippen LogP contribution in [0.15, 0.2) is 67.0 Å². The molecule has 0 aliphatic carbocycles. The second kappa shape index (κ2) is 8.48. The predicted molar refractivity (Wildman–Crippen MR) is 113 cm³/mol. The Morgan fingerprint density at radius 1 is 1.14 bits per heavy atom. The Bertz CT molecular complexity index is 1080. The van der Waals surface area contributed by atoms with E-state index in [4.69, 9.17) is 0 Å². The lowest BCUT2D eigenvalue weighted by Crippen LogP contribution is -2.47. The Kier molecular flexibility index (Phi) is 6.03. The summed E-state index contributed by atoms with van der Waals surface area (Å²) in [5, 5.41) is 2.82. The third-order valence-corrected chi connectivity index (χ3v) is 5.85. The molecule has 0 aliphatic rings. The van der Waals surface area contributed by atoms with E-state index in [1.165, 1.54) is 0 Å². The number of aryl methyl sites for hydroxylation is 1. The van der Waals surface area contributed by atoms with Crippen molar-refractivity contribution in [3.05, 3.63) is 78.4 Å². The molecule has 0 aliphatic heterocycles. The van der Waals surface area contributed by atoms with Gasteiger partial charge < -0.3 is 9.88 Å². The van der Waals surface area contributed by atoms with Gasteiger partial charge in [0.2, 0.25) is 15.9 Å². The Balaban J connectivity index is 1.68. The minimum Gasteiger partial charge on any atom is -0.350 e. The zero-order valence-electron chi connectivity index (χ0n) is 16.6. The molecule has 2 aromatic carbocycles. The summed E-state index contributed by atoms with van der Waals surface area (Å²) < 4.78 is 27.6. The maximum atomic E-state index is 12.6. The molecule has 29 heavy (non-hydrogen) atoms. The van der Waals surface area contributed by atoms with Gasteiger partial charge in [-0.05, 0) is 43.7 Å². The molecule has 7 nitrogen and oxygen atoms in total. The van der Waals surface area contributed by atoms with E-state index in [0.717, 1.165) is 27.6 Å². The molecule has 8 heteroatoms. The molecule has 0 saturated heterocycles. The Morgan fingerprint density at radius 3 is 2.34 bits per heavy atom. The lowest BCUT2D eigenvalue weighted by Gasteiger charge is -2.28. The van der Waals surface area contributed by atoms with Gasteiger partial charge in [0, 0.05) is 24.6 Å². The number of rotatable bonds is 7. The van der Waals surface area contributed by atoms with E-state index in [-0.39, 0.29) is 5.91 Å². The zero-order valence-corrected chi connectivity index (χ0v) is 17.4. The van der Waals surface area contributed by atoms with Crippen molar-refractivity contribution in [1.82, 2.24) is 14.9 Å². The predicted octanol–water partition coefficient (Wildman–Crippen LogP) is 2.65. The third kappa shape index (κ3) is 4.83. The van der Waals surface area contributed by atoms with E-state index in [0.29, 0.717) is 12.2 Å². The largest absolute Gasteiger partial charge is 0.350 e. The Morgan fingerprint density at radius 2 is 1.79 bits per heavy atom. The zero-order chi connectivity index (χ0) is 21.0. The number of carbonyl (C=O) groups is 1. The lowest BCUT2D eigenvalue weighted by molar-refractivity contribution is -0.122. The summed E-state index contributed by atoms with van der Waals surface area (Å²) in [4.78, 5) is 16.9. The molecule has 3 rings (SSSR count). The number of para-hydroxylation sites is 1. The number of aromatic nitrogens is 2. The number of hydrogen-bond acceptors (Lipinski definition) is 4. The van der Waals surface area contributed by atoms with E-state index in [1.54, 1.807) is 43.5 Å². The quantitative estimate of drug-likeness (QED) is 0.647. The van der Waals surface area contributed by atoms with E-state index in [1.807, 2.05) is 42.0 Å². The van der Waals surface area contributed by atoms with Crippen LogP contribution in [0.3, 0.4) is 0 Å². The molecule has 1 atom stereocenters. The van der Waals surface area contributed by atoms with Gasteiger partial charge in [0.05, 0.1) is 11.9 Å². The Hall–Kier alpha value is -3.13. The van der Waals surface area contributed by atoms with Crippen LogP contribution >= 0.6 is 0 Å². The summed E-state index contributed by atoms with van der Waals surface area (Å²) in [5.74, 6) is 0.524. The topological polar surface area (TPSA) is 84.3 Å². The number of nitrogens with zero attached hydrogens (tertiary/aromatic N) is 3. The first kappa shape index (κ1) is 20.6. The number of amides is 1. The van der Waals surface area contributed by atoms with E-state index in [2.05, 4.69) is 10.3 Å². The van der Waals surface area contributed by atoms with Gasteiger partial charge in [-0.3, -0.25) is 9.10 Å². The van der Waals surface area contributed by atoms with Crippen LogP contribution in [0.2, 0.25) is 0 Å². The van der Waals surface area contributed by atoms with Crippen molar-refractivity contribution in [3.63, 3.8) is 0 Å². The standard InChI is InChI=1S/C21H24N4O3S/c1-16(25(29(3,27)28)20-7-5-4-6-8-20)21(26)23-15-18-9-11-19(12-10-18)24-14-13-22-17(24)2/h4-14,16H,15H2,1-3H3,(H,23,26)/t16-/m0/s1. The second-order valence-corrected chi connectivity index (χ2v) is 8.66. The van der Waals surface area contributed by atoms with Gasteiger partial charge in [-0.2, -0.15) is 0 Å². The molecule has 0 saturated carbocycles. The fourth-order valence-electron chi connectivity index (χ4n) is 3.15. The SMILES string of the molecule is Cc1nccn1-c1ccc(CNC(=O)[C@H](C)N(c2ccccc2)S(C)(=O)=O)cc1. The number of carbonyl (C=O) groups excluding carboxylic acids is 1. The second-order valence-electron chi connectivity index (χ2n) is 6.80. The lowest BCUT2D eigenvalue weighted by atomic mass is 10.2. The third-order valence-electron chi connectivity index (χ3n) is 4.61. The highest BCUT2D eigenvalue weighted by Gasteiger charge is 2.28. The van der Waals surface area contributed by atoms with Crippen molar-refractivity contribution in [2.75, 3.05) is 10.6 Å². The summed E-state index contributed by atoms with van der Waals surface area (Å²) in [7, 11) is -3.62. The number of sulfonamides is 1. The highest BCUT2D eigenvalue weighted by molar-refractivity contribution is 7.92. The molecule has 0 fully saturated rings. The van der Waals surface area contributed by atoms with Crippen molar-refractivity contribution in [2.24, 2.45) is 0 Å². The van der Waals surface area contributed by atoms with Crippen LogP contribution in [0, 0.1) is 6.92 Å². The van der Waals surface area contributed by atoms with Crippen LogP contribution in [0.5, 0.6) is 0 Å². The molecule has 152 valence electrons. The van der Waals surface area contributed by atoms with Crippen LogP contribution in [0.25, 0.3) is 5.69 Å². The number of nitrogens with one attached hydrogen (secondary N) is 1. The molecule has 0 radical (unpaired) electrons. The highest BCUT2D eigenvalue weighted by atomic mass is 32.2. The van der Waals surface area contributed by atoms with Crippen LogP contribution in [0.4, 0.5) is 5.69 Å². The summed E-state index contributed by atoms with van der Waals surface area (Å²) in [6, 6.07) is 15.5. The minimum atomic E-state index is -3.62. The molecular formula is C21H24N4O3S. The van der Waals surface area contributed by atoms with Crippen molar-refractivity contribution >= 4 is 21.6 Å². The number of anilines is 1.